The van der Waals surface area contributed by atoms with Gasteiger partial charge in [-0.25, -0.2) is 36.1 Å². The van der Waals surface area contributed by atoms with E-state index in [4.69, 9.17) is 0 Å². The zero-order chi connectivity index (χ0) is 26.3. The van der Waals surface area contributed by atoms with E-state index in [0.717, 1.165) is 40.8 Å². The van der Waals surface area contributed by atoms with E-state index in [1.807, 2.05) is 6.92 Å². The van der Waals surface area contributed by atoms with Crippen LogP contribution in [0.4, 0.5) is 8.78 Å². The molecule has 3 atom stereocenters. The minimum atomic E-state index is -4.10. The molecule has 4 aromatic rings. The molecule has 0 saturated heterocycles. The predicted molar refractivity (Wildman–Crippen MR) is 132 cm³/mol. The summed E-state index contributed by atoms with van der Waals surface area (Å²) in [6.07, 6.45) is 3.93. The highest BCUT2D eigenvalue weighted by Gasteiger charge is 2.30. The zero-order valence-electron chi connectivity index (χ0n) is 20.1. The molecule has 0 radical (unpaired) electrons. The van der Waals surface area contributed by atoms with Crippen molar-refractivity contribution in [3.8, 4) is 11.4 Å². The molecule has 0 bridgehead atoms. The van der Waals surface area contributed by atoms with E-state index >= 15 is 0 Å². The topological polar surface area (TPSA) is 118 Å². The number of aliphatic hydroxyl groups excluding tert-OH is 2. The average Bonchev–Trinajstić information content (AvgIpc) is 3.18. The number of rotatable bonds is 5. The van der Waals surface area contributed by atoms with E-state index in [-0.39, 0.29) is 39.4 Å². The molecular formula is C26H26F2N4O4S. The summed E-state index contributed by atoms with van der Waals surface area (Å²) < 4.78 is 56.8. The number of pyridine rings is 1. The summed E-state index contributed by atoms with van der Waals surface area (Å²) in [5.41, 5.74) is 1.06. The summed E-state index contributed by atoms with van der Waals surface area (Å²) >= 11 is 0. The Balaban J connectivity index is 1.60. The number of benzene rings is 1. The van der Waals surface area contributed by atoms with Crippen LogP contribution in [-0.2, 0) is 16.4 Å². The van der Waals surface area contributed by atoms with E-state index in [0.29, 0.717) is 12.8 Å². The first-order chi connectivity index (χ1) is 17.6. The molecule has 3 heterocycles. The molecule has 8 nitrogen and oxygen atoms in total. The Hall–Kier alpha value is -3.28. The number of hydrogen-bond donors (Lipinski definition) is 2. The van der Waals surface area contributed by atoms with Crippen LogP contribution in [0.3, 0.4) is 0 Å². The molecule has 1 saturated carbocycles. The standard InChI is InChI=1S/C26H26F2N4O4S/c1-15-6-8-18(9-7-15)37(35,36)32-14-20(19-11-17(27)12-30-26(19)32)25-29-13-21(28)22(31-25)10-16-4-2-3-5-23(33)24(16)34/h6-9,11-14,16,23-24,33-34H,2-5,10H2,1H3/t16?,23-,24-/m1/s1. The molecule has 2 N–H and O–H groups in total. The van der Waals surface area contributed by atoms with Crippen LogP contribution in [0.15, 0.2) is 53.8 Å². The highest BCUT2D eigenvalue weighted by Crippen LogP contribution is 2.32. The Morgan fingerprint density at radius 3 is 2.54 bits per heavy atom. The third-order valence-corrected chi connectivity index (χ3v) is 8.54. The second-order valence-corrected chi connectivity index (χ2v) is 11.3. The van der Waals surface area contributed by atoms with Gasteiger partial charge in [0.15, 0.2) is 17.3 Å². The van der Waals surface area contributed by atoms with E-state index in [2.05, 4.69) is 15.0 Å². The molecule has 1 aliphatic rings. The lowest BCUT2D eigenvalue weighted by Crippen LogP contribution is -2.33. The predicted octanol–water partition coefficient (Wildman–Crippen LogP) is 3.77. The van der Waals surface area contributed by atoms with Gasteiger partial charge >= 0.3 is 0 Å². The molecular weight excluding hydrogens is 502 g/mol. The maximum atomic E-state index is 14.7. The van der Waals surface area contributed by atoms with Crippen molar-refractivity contribution in [2.75, 3.05) is 0 Å². The van der Waals surface area contributed by atoms with Gasteiger partial charge in [-0.15, -0.1) is 0 Å². The van der Waals surface area contributed by atoms with Crippen LogP contribution in [-0.4, -0.2) is 49.8 Å². The van der Waals surface area contributed by atoms with Crippen molar-refractivity contribution in [2.45, 2.75) is 56.1 Å². The van der Waals surface area contributed by atoms with E-state index in [9.17, 15) is 27.4 Å². The quantitative estimate of drug-likeness (QED) is 0.379. The van der Waals surface area contributed by atoms with Crippen molar-refractivity contribution in [3.63, 3.8) is 0 Å². The molecule has 3 aromatic heterocycles. The minimum Gasteiger partial charge on any atom is -0.390 e. The van der Waals surface area contributed by atoms with Crippen molar-refractivity contribution in [1.29, 1.82) is 0 Å². The largest absolute Gasteiger partial charge is 0.390 e. The van der Waals surface area contributed by atoms with Gasteiger partial charge in [-0.3, -0.25) is 0 Å². The third kappa shape index (κ3) is 4.86. The number of fused-ring (bicyclic) bond motifs is 1. The van der Waals surface area contributed by atoms with Crippen LogP contribution in [0, 0.1) is 24.5 Å². The van der Waals surface area contributed by atoms with Gasteiger partial charge in [-0.2, -0.15) is 0 Å². The summed E-state index contributed by atoms with van der Waals surface area (Å²) in [5, 5.41) is 20.8. The fourth-order valence-electron chi connectivity index (χ4n) is 4.80. The van der Waals surface area contributed by atoms with Crippen molar-refractivity contribution >= 4 is 21.1 Å². The van der Waals surface area contributed by atoms with Crippen LogP contribution in [0.2, 0.25) is 0 Å². The summed E-state index contributed by atoms with van der Waals surface area (Å²) in [4.78, 5) is 12.4. The minimum absolute atomic E-state index is 0.00434. The first-order valence-corrected chi connectivity index (χ1v) is 13.5. The molecule has 1 aromatic carbocycles. The molecule has 1 fully saturated rings. The number of aromatic nitrogens is 4. The third-order valence-electron chi connectivity index (χ3n) is 6.87. The second kappa shape index (κ2) is 9.88. The lowest BCUT2D eigenvalue weighted by Gasteiger charge is -2.23. The summed E-state index contributed by atoms with van der Waals surface area (Å²) in [5.74, 6) is -1.78. The van der Waals surface area contributed by atoms with Crippen LogP contribution in [0.25, 0.3) is 22.4 Å². The number of aryl methyl sites for hydroxylation is 1. The van der Waals surface area contributed by atoms with Crippen molar-refractivity contribution in [3.05, 3.63) is 71.8 Å². The second-order valence-electron chi connectivity index (χ2n) is 9.48. The molecule has 37 heavy (non-hydrogen) atoms. The summed E-state index contributed by atoms with van der Waals surface area (Å²) in [6.45, 7) is 1.84. The van der Waals surface area contributed by atoms with Gasteiger partial charge in [0.1, 0.15) is 5.82 Å². The number of nitrogens with zero attached hydrogens (tertiary/aromatic N) is 4. The molecule has 0 amide bonds. The van der Waals surface area contributed by atoms with Gasteiger partial charge in [0.2, 0.25) is 0 Å². The highest BCUT2D eigenvalue weighted by atomic mass is 32.2. The Morgan fingerprint density at radius 2 is 1.78 bits per heavy atom. The molecule has 1 aliphatic carbocycles. The van der Waals surface area contributed by atoms with Crippen LogP contribution >= 0.6 is 0 Å². The van der Waals surface area contributed by atoms with Crippen LogP contribution in [0.5, 0.6) is 0 Å². The Kier molecular flexibility index (Phi) is 6.78. The maximum Gasteiger partial charge on any atom is 0.269 e. The molecule has 1 unspecified atom stereocenters. The van der Waals surface area contributed by atoms with E-state index in [1.54, 1.807) is 12.1 Å². The average molecular weight is 529 g/mol. The first kappa shape index (κ1) is 25.4. The van der Waals surface area contributed by atoms with Gasteiger partial charge in [0.05, 0.1) is 35.2 Å². The maximum absolute atomic E-state index is 14.7. The van der Waals surface area contributed by atoms with Crippen molar-refractivity contribution in [1.82, 2.24) is 18.9 Å². The normalized spacial score (nSPS) is 20.7. The smallest absolute Gasteiger partial charge is 0.269 e. The summed E-state index contributed by atoms with van der Waals surface area (Å²) in [7, 11) is -4.10. The zero-order valence-corrected chi connectivity index (χ0v) is 20.9. The Morgan fingerprint density at radius 1 is 1.05 bits per heavy atom. The molecule has 0 spiro atoms. The van der Waals surface area contributed by atoms with Gasteiger partial charge in [0.25, 0.3) is 10.0 Å². The highest BCUT2D eigenvalue weighted by molar-refractivity contribution is 7.90. The van der Waals surface area contributed by atoms with Crippen molar-refractivity contribution in [2.24, 2.45) is 5.92 Å². The van der Waals surface area contributed by atoms with Gasteiger partial charge in [0, 0.05) is 17.1 Å². The monoisotopic (exact) mass is 528 g/mol. The fourth-order valence-corrected chi connectivity index (χ4v) is 6.13. The number of halogens is 2. The van der Waals surface area contributed by atoms with Crippen molar-refractivity contribution < 1.29 is 27.4 Å². The van der Waals surface area contributed by atoms with Crippen LogP contribution < -0.4 is 0 Å². The lowest BCUT2D eigenvalue weighted by atomic mass is 9.91. The van der Waals surface area contributed by atoms with Crippen LogP contribution in [0.1, 0.15) is 36.9 Å². The Labute approximate surface area is 212 Å². The number of aliphatic hydroxyl groups is 2. The summed E-state index contributed by atoms with van der Waals surface area (Å²) in [6, 6.07) is 7.41. The first-order valence-electron chi connectivity index (χ1n) is 12.0. The molecule has 194 valence electrons. The van der Waals surface area contributed by atoms with Gasteiger partial charge in [-0.05, 0) is 50.3 Å². The molecule has 11 heteroatoms. The Bertz CT molecular complexity index is 1560. The SMILES string of the molecule is Cc1ccc(S(=O)(=O)n2cc(-c3ncc(F)c(CC4CCCC[C@@H](O)[C@@H]4O)n3)c3cc(F)cnc32)cc1. The number of hydrogen-bond acceptors (Lipinski definition) is 7. The van der Waals surface area contributed by atoms with Gasteiger partial charge in [-0.1, -0.05) is 30.5 Å². The molecule has 0 aliphatic heterocycles. The fraction of sp³-hybridized carbons (Fsp3) is 0.346. The van der Waals surface area contributed by atoms with Gasteiger partial charge < -0.3 is 10.2 Å². The van der Waals surface area contributed by atoms with E-state index in [1.165, 1.54) is 18.3 Å². The molecule has 5 rings (SSSR count). The lowest BCUT2D eigenvalue weighted by molar-refractivity contribution is -0.0150. The van der Waals surface area contributed by atoms with E-state index < -0.39 is 39.8 Å².